The fourth-order valence-corrected chi connectivity index (χ4v) is 3.94. The molecule has 0 fully saturated rings. The molecule has 1 aliphatic heterocycles. The SMILES string of the molecule is CCNC(c1sccc1Cl)C1COc2ccccc21. The molecule has 1 aliphatic rings. The summed E-state index contributed by atoms with van der Waals surface area (Å²) in [7, 11) is 0. The summed E-state index contributed by atoms with van der Waals surface area (Å²) in [5.74, 6) is 1.33. The van der Waals surface area contributed by atoms with Gasteiger partial charge in [0, 0.05) is 16.4 Å². The van der Waals surface area contributed by atoms with Crippen LogP contribution >= 0.6 is 22.9 Å². The van der Waals surface area contributed by atoms with Gasteiger partial charge in [0.15, 0.2) is 0 Å². The van der Waals surface area contributed by atoms with Crippen molar-refractivity contribution in [3.05, 3.63) is 51.2 Å². The van der Waals surface area contributed by atoms with Gasteiger partial charge >= 0.3 is 0 Å². The van der Waals surface area contributed by atoms with Crippen molar-refractivity contribution in [1.29, 1.82) is 0 Å². The Morgan fingerprint density at radius 2 is 2.26 bits per heavy atom. The predicted octanol–water partition coefficient (Wildman–Crippen LogP) is 4.23. The second-order valence-electron chi connectivity index (χ2n) is 4.62. The van der Waals surface area contributed by atoms with Gasteiger partial charge < -0.3 is 10.1 Å². The summed E-state index contributed by atoms with van der Waals surface area (Å²) < 4.78 is 5.80. The molecule has 2 heterocycles. The quantitative estimate of drug-likeness (QED) is 0.911. The Labute approximate surface area is 122 Å². The van der Waals surface area contributed by atoms with Crippen LogP contribution in [0.25, 0.3) is 0 Å². The maximum atomic E-state index is 6.31. The molecule has 1 aromatic heterocycles. The molecule has 0 aliphatic carbocycles. The molecule has 4 heteroatoms. The van der Waals surface area contributed by atoms with E-state index in [0.29, 0.717) is 12.5 Å². The van der Waals surface area contributed by atoms with Crippen molar-refractivity contribution in [2.45, 2.75) is 18.9 Å². The summed E-state index contributed by atoms with van der Waals surface area (Å²) in [6.07, 6.45) is 0. The molecule has 0 radical (unpaired) electrons. The molecule has 1 aromatic carbocycles. The topological polar surface area (TPSA) is 21.3 Å². The highest BCUT2D eigenvalue weighted by Crippen LogP contribution is 2.44. The molecule has 0 spiro atoms. The molecule has 0 amide bonds. The van der Waals surface area contributed by atoms with Crippen molar-refractivity contribution in [2.75, 3.05) is 13.2 Å². The Bertz CT molecular complexity index is 569. The summed E-state index contributed by atoms with van der Waals surface area (Å²) in [5.41, 5.74) is 1.28. The molecule has 0 bridgehead atoms. The van der Waals surface area contributed by atoms with E-state index >= 15 is 0 Å². The molecule has 2 aromatic rings. The number of thiophene rings is 1. The maximum Gasteiger partial charge on any atom is 0.122 e. The van der Waals surface area contributed by atoms with Crippen LogP contribution in [0.4, 0.5) is 0 Å². The Kier molecular flexibility index (Phi) is 3.78. The lowest BCUT2D eigenvalue weighted by atomic mass is 9.92. The number of rotatable bonds is 4. The average molecular weight is 294 g/mol. The fraction of sp³-hybridized carbons (Fsp3) is 0.333. The lowest BCUT2D eigenvalue weighted by molar-refractivity contribution is 0.302. The number of hydrogen-bond acceptors (Lipinski definition) is 3. The van der Waals surface area contributed by atoms with E-state index in [0.717, 1.165) is 17.3 Å². The largest absolute Gasteiger partial charge is 0.493 e. The average Bonchev–Trinajstić information content (AvgIpc) is 3.03. The van der Waals surface area contributed by atoms with Crippen LogP contribution in [0.5, 0.6) is 5.75 Å². The highest BCUT2D eigenvalue weighted by Gasteiger charge is 2.33. The zero-order chi connectivity index (χ0) is 13.2. The van der Waals surface area contributed by atoms with Crippen LogP contribution in [-0.4, -0.2) is 13.2 Å². The van der Waals surface area contributed by atoms with Crippen LogP contribution in [0, 0.1) is 0 Å². The molecule has 0 saturated carbocycles. The molecule has 3 rings (SSSR count). The Morgan fingerprint density at radius 1 is 1.42 bits per heavy atom. The molecule has 1 N–H and O–H groups in total. The number of ether oxygens (including phenoxy) is 1. The third-order valence-electron chi connectivity index (χ3n) is 3.49. The van der Waals surface area contributed by atoms with Gasteiger partial charge in [0.25, 0.3) is 0 Å². The van der Waals surface area contributed by atoms with Crippen molar-refractivity contribution in [1.82, 2.24) is 5.32 Å². The number of nitrogens with one attached hydrogen (secondary N) is 1. The molecule has 100 valence electrons. The number of para-hydroxylation sites is 1. The third-order valence-corrected chi connectivity index (χ3v) is 4.93. The normalized spacial score (nSPS) is 18.9. The van der Waals surface area contributed by atoms with E-state index in [1.165, 1.54) is 10.4 Å². The minimum absolute atomic E-state index is 0.223. The fourth-order valence-electron chi connectivity index (χ4n) is 2.63. The monoisotopic (exact) mass is 293 g/mol. The molecular weight excluding hydrogens is 278 g/mol. The van der Waals surface area contributed by atoms with Crippen LogP contribution in [-0.2, 0) is 0 Å². The number of likely N-dealkylation sites (N-methyl/N-ethyl adjacent to an activating group) is 1. The second-order valence-corrected chi connectivity index (χ2v) is 5.98. The van der Waals surface area contributed by atoms with E-state index < -0.39 is 0 Å². The number of fused-ring (bicyclic) bond motifs is 1. The molecule has 0 saturated heterocycles. The van der Waals surface area contributed by atoms with Gasteiger partial charge in [0.1, 0.15) is 5.75 Å². The summed E-state index contributed by atoms with van der Waals surface area (Å²) in [5, 5.41) is 6.45. The minimum atomic E-state index is 0.223. The van der Waals surface area contributed by atoms with E-state index in [-0.39, 0.29) is 6.04 Å². The second kappa shape index (κ2) is 5.53. The molecule has 2 unspecified atom stereocenters. The lowest BCUT2D eigenvalue weighted by Crippen LogP contribution is -2.27. The maximum absolute atomic E-state index is 6.31. The molecule has 2 atom stereocenters. The summed E-state index contributed by atoms with van der Waals surface area (Å²) in [6.45, 7) is 3.75. The van der Waals surface area contributed by atoms with Crippen LogP contribution in [0.1, 0.15) is 29.3 Å². The van der Waals surface area contributed by atoms with Crippen molar-refractivity contribution in [3.63, 3.8) is 0 Å². The summed E-state index contributed by atoms with van der Waals surface area (Å²) >= 11 is 8.01. The Balaban J connectivity index is 1.96. The van der Waals surface area contributed by atoms with Gasteiger partial charge in [-0.3, -0.25) is 0 Å². The van der Waals surface area contributed by atoms with Crippen molar-refractivity contribution >= 4 is 22.9 Å². The van der Waals surface area contributed by atoms with Crippen molar-refractivity contribution < 1.29 is 4.74 Å². The number of halogens is 1. The van der Waals surface area contributed by atoms with Gasteiger partial charge in [0.2, 0.25) is 0 Å². The number of benzene rings is 1. The van der Waals surface area contributed by atoms with E-state index in [4.69, 9.17) is 16.3 Å². The highest BCUT2D eigenvalue weighted by atomic mass is 35.5. The zero-order valence-electron chi connectivity index (χ0n) is 10.7. The summed E-state index contributed by atoms with van der Waals surface area (Å²) in [6, 6.07) is 10.5. The molecule has 19 heavy (non-hydrogen) atoms. The third kappa shape index (κ3) is 2.38. The predicted molar refractivity (Wildman–Crippen MR) is 80.4 cm³/mol. The van der Waals surface area contributed by atoms with E-state index in [2.05, 4.69) is 24.4 Å². The van der Waals surface area contributed by atoms with Gasteiger partial charge in [0.05, 0.1) is 17.7 Å². The van der Waals surface area contributed by atoms with Crippen molar-refractivity contribution in [3.8, 4) is 5.75 Å². The first kappa shape index (κ1) is 13.0. The van der Waals surface area contributed by atoms with E-state index in [1.54, 1.807) is 11.3 Å². The first-order valence-corrected chi connectivity index (χ1v) is 7.75. The van der Waals surface area contributed by atoms with Gasteiger partial charge in [-0.25, -0.2) is 0 Å². The number of hydrogen-bond donors (Lipinski definition) is 1. The minimum Gasteiger partial charge on any atom is -0.493 e. The molecule has 2 nitrogen and oxygen atoms in total. The lowest BCUT2D eigenvalue weighted by Gasteiger charge is -2.23. The van der Waals surface area contributed by atoms with Crippen LogP contribution in [0.2, 0.25) is 5.02 Å². The standard InChI is InChI=1S/C15H16ClNOS/c1-2-17-14(15-12(16)7-8-19-15)11-9-18-13-6-4-3-5-10(11)13/h3-8,11,14,17H,2,9H2,1H3. The van der Waals surface area contributed by atoms with Crippen molar-refractivity contribution in [2.24, 2.45) is 0 Å². The highest BCUT2D eigenvalue weighted by molar-refractivity contribution is 7.10. The van der Waals surface area contributed by atoms with Gasteiger partial charge in [-0.1, -0.05) is 36.7 Å². The summed E-state index contributed by atoms with van der Waals surface area (Å²) in [4.78, 5) is 1.20. The van der Waals surface area contributed by atoms with Crippen LogP contribution < -0.4 is 10.1 Å². The van der Waals surface area contributed by atoms with Gasteiger partial charge in [-0.2, -0.15) is 0 Å². The van der Waals surface area contributed by atoms with E-state index in [9.17, 15) is 0 Å². The van der Waals surface area contributed by atoms with Gasteiger partial charge in [-0.05, 0) is 24.1 Å². The first-order valence-electron chi connectivity index (χ1n) is 6.49. The van der Waals surface area contributed by atoms with Gasteiger partial charge in [-0.15, -0.1) is 11.3 Å². The Hall–Kier alpha value is -1.03. The Morgan fingerprint density at radius 3 is 3.00 bits per heavy atom. The van der Waals surface area contributed by atoms with E-state index in [1.807, 2.05) is 23.6 Å². The molecular formula is C15H16ClNOS. The van der Waals surface area contributed by atoms with Crippen LogP contribution in [0.3, 0.4) is 0 Å². The first-order chi connectivity index (χ1) is 9.31. The van der Waals surface area contributed by atoms with Crippen LogP contribution in [0.15, 0.2) is 35.7 Å². The smallest absolute Gasteiger partial charge is 0.122 e. The zero-order valence-corrected chi connectivity index (χ0v) is 12.3.